The van der Waals surface area contributed by atoms with E-state index in [9.17, 15) is 14.4 Å². The van der Waals surface area contributed by atoms with Crippen LogP contribution in [-0.2, 0) is 28.6 Å². The van der Waals surface area contributed by atoms with Gasteiger partial charge in [0, 0.05) is 19.3 Å². The van der Waals surface area contributed by atoms with E-state index in [1.54, 1.807) is 0 Å². The van der Waals surface area contributed by atoms with Gasteiger partial charge in [-0.2, -0.15) is 0 Å². The normalized spacial score (nSPS) is 13.0. The van der Waals surface area contributed by atoms with Crippen LogP contribution in [0, 0.1) is 0 Å². The van der Waals surface area contributed by atoms with Crippen molar-refractivity contribution in [2.45, 2.75) is 309 Å². The van der Waals surface area contributed by atoms with Crippen LogP contribution in [0.25, 0.3) is 0 Å². The maximum atomic E-state index is 12.9. The van der Waals surface area contributed by atoms with E-state index in [1.807, 2.05) is 0 Å². The number of allylic oxidation sites excluding steroid dienone is 22. The Morgan fingerprint density at radius 2 is 0.481 bits per heavy atom. The number of ether oxygens (including phenoxy) is 3. The molecule has 0 saturated carbocycles. The van der Waals surface area contributed by atoms with E-state index >= 15 is 0 Å². The summed E-state index contributed by atoms with van der Waals surface area (Å²) in [7, 11) is 0. The Morgan fingerprint density at radius 1 is 0.259 bits per heavy atom. The van der Waals surface area contributed by atoms with Crippen LogP contribution in [0.15, 0.2) is 134 Å². The van der Waals surface area contributed by atoms with Crippen molar-refractivity contribution in [3.8, 4) is 0 Å². The van der Waals surface area contributed by atoms with Crippen molar-refractivity contribution in [3.05, 3.63) is 134 Å². The van der Waals surface area contributed by atoms with Gasteiger partial charge in [0.05, 0.1) is 0 Å². The third-order valence-electron chi connectivity index (χ3n) is 14.2. The van der Waals surface area contributed by atoms with Crippen LogP contribution >= 0.6 is 0 Å². The van der Waals surface area contributed by atoms with Crippen LogP contribution in [0.3, 0.4) is 0 Å². The fourth-order valence-electron chi connectivity index (χ4n) is 9.18. The lowest BCUT2D eigenvalue weighted by molar-refractivity contribution is -0.167. The number of esters is 3. The van der Waals surface area contributed by atoms with Crippen LogP contribution in [0.4, 0.5) is 0 Å². The van der Waals surface area contributed by atoms with Gasteiger partial charge in [0.2, 0.25) is 0 Å². The smallest absolute Gasteiger partial charge is 0.306 e. The van der Waals surface area contributed by atoms with E-state index in [0.717, 1.165) is 141 Å². The van der Waals surface area contributed by atoms with E-state index in [2.05, 4.69) is 154 Å². The van der Waals surface area contributed by atoms with Gasteiger partial charge in [-0.3, -0.25) is 14.4 Å². The van der Waals surface area contributed by atoms with Crippen LogP contribution in [0.2, 0.25) is 0 Å². The van der Waals surface area contributed by atoms with Gasteiger partial charge in [0.15, 0.2) is 6.10 Å². The second-order valence-corrected chi connectivity index (χ2v) is 22.0. The molecule has 0 saturated heterocycles. The summed E-state index contributed by atoms with van der Waals surface area (Å²) in [4.78, 5) is 38.3. The van der Waals surface area contributed by atoms with Gasteiger partial charge in [-0.05, 0) is 116 Å². The minimum Gasteiger partial charge on any atom is -0.462 e. The molecule has 0 heterocycles. The minimum absolute atomic E-state index is 0.0837. The molecular weight excluding hydrogens is 997 g/mol. The average Bonchev–Trinajstić information content (AvgIpc) is 3.47. The van der Waals surface area contributed by atoms with E-state index < -0.39 is 6.10 Å². The van der Waals surface area contributed by atoms with E-state index in [1.165, 1.54) is 122 Å². The van der Waals surface area contributed by atoms with Crippen molar-refractivity contribution in [1.82, 2.24) is 0 Å². The fraction of sp³-hybridized carbons (Fsp3) is 0.667. The molecule has 0 aliphatic heterocycles. The Bertz CT molecular complexity index is 1720. The molecule has 0 radical (unpaired) electrons. The topological polar surface area (TPSA) is 78.9 Å². The molecule has 0 aromatic rings. The van der Waals surface area contributed by atoms with Gasteiger partial charge in [-0.15, -0.1) is 0 Å². The Balaban J connectivity index is 4.31. The molecule has 6 heteroatoms. The number of rotatable bonds is 60. The summed E-state index contributed by atoms with van der Waals surface area (Å²) in [6, 6.07) is 0. The Kier molecular flexibility index (Phi) is 64.3. The molecule has 1 unspecified atom stereocenters. The minimum atomic E-state index is -0.789. The molecule has 0 fully saturated rings. The van der Waals surface area contributed by atoms with Gasteiger partial charge >= 0.3 is 17.9 Å². The van der Waals surface area contributed by atoms with Crippen molar-refractivity contribution in [2.24, 2.45) is 0 Å². The first-order valence-electron chi connectivity index (χ1n) is 33.7. The summed E-state index contributed by atoms with van der Waals surface area (Å²) in [5, 5.41) is 0. The summed E-state index contributed by atoms with van der Waals surface area (Å²) in [5.41, 5.74) is 0. The van der Waals surface area contributed by atoms with Gasteiger partial charge < -0.3 is 14.2 Å². The predicted molar refractivity (Wildman–Crippen MR) is 353 cm³/mol. The van der Waals surface area contributed by atoms with Crippen molar-refractivity contribution < 1.29 is 28.6 Å². The molecule has 0 N–H and O–H groups in total. The fourth-order valence-corrected chi connectivity index (χ4v) is 9.18. The van der Waals surface area contributed by atoms with E-state index in [4.69, 9.17) is 14.2 Å². The molecule has 0 amide bonds. The van der Waals surface area contributed by atoms with Crippen molar-refractivity contribution in [3.63, 3.8) is 0 Å². The van der Waals surface area contributed by atoms with Gasteiger partial charge in [0.1, 0.15) is 13.2 Å². The highest BCUT2D eigenvalue weighted by Gasteiger charge is 2.19. The first-order valence-corrected chi connectivity index (χ1v) is 33.7. The Hall–Kier alpha value is -4.45. The number of carbonyl (C=O) groups is 3. The Labute approximate surface area is 500 Å². The maximum Gasteiger partial charge on any atom is 0.306 e. The standard InChI is InChI=1S/C75H124O6/c1-4-7-10-13-16-19-22-24-26-28-30-32-34-36-37-39-40-42-44-46-48-50-53-56-59-62-65-68-74(77)80-71-72(70-79-73(76)67-64-61-58-55-52-21-18-15-12-9-6-3)81-75(78)69-66-63-60-57-54-51-49-47-45-43-41-38-35-33-31-29-27-25-23-20-17-14-11-8-5-2/h7-8,10-11,16-17,19-20,24-27,30-33,36-38,40-42,72H,4-6,9,12-15,18,21-23,28-29,34-35,39,43-71H2,1-3H3/b10-7-,11-8-,19-16-,20-17-,26-24-,27-25-,32-30-,33-31-,37-36-,41-38-,42-40-. The SMILES string of the molecule is CC/C=C\C/C=C\C/C=C\C/C=C\C/C=C\C/C=C\CCCCCCCCCCC(=O)OCC(COC(=O)CCCCCCCCCCCCC)OC(=O)CCCCCCCCCCC/C=C\C/C=C\C/C=C\C/C=C\C/C=C\CC. The highest BCUT2D eigenvalue weighted by atomic mass is 16.6. The molecule has 0 aliphatic carbocycles. The summed E-state index contributed by atoms with van der Waals surface area (Å²) in [6.07, 6.45) is 96.0. The lowest BCUT2D eigenvalue weighted by atomic mass is 10.1. The second kappa shape index (κ2) is 68.1. The third kappa shape index (κ3) is 66.2. The number of hydrogen-bond acceptors (Lipinski definition) is 6. The monoisotopic (exact) mass is 1120 g/mol. The first kappa shape index (κ1) is 76.5. The van der Waals surface area contributed by atoms with Crippen molar-refractivity contribution in [1.29, 1.82) is 0 Å². The van der Waals surface area contributed by atoms with Gasteiger partial charge in [-0.25, -0.2) is 0 Å². The lowest BCUT2D eigenvalue weighted by Gasteiger charge is -2.18. The molecule has 460 valence electrons. The van der Waals surface area contributed by atoms with Gasteiger partial charge in [-0.1, -0.05) is 302 Å². The number of unbranched alkanes of at least 4 members (excludes halogenated alkanes) is 27. The largest absolute Gasteiger partial charge is 0.462 e. The highest BCUT2D eigenvalue weighted by molar-refractivity contribution is 5.71. The van der Waals surface area contributed by atoms with Gasteiger partial charge in [0.25, 0.3) is 0 Å². The van der Waals surface area contributed by atoms with E-state index in [0.29, 0.717) is 19.3 Å². The van der Waals surface area contributed by atoms with Crippen molar-refractivity contribution in [2.75, 3.05) is 13.2 Å². The molecule has 0 bridgehead atoms. The lowest BCUT2D eigenvalue weighted by Crippen LogP contribution is -2.30. The highest BCUT2D eigenvalue weighted by Crippen LogP contribution is 2.16. The summed E-state index contributed by atoms with van der Waals surface area (Å²) >= 11 is 0. The van der Waals surface area contributed by atoms with Crippen LogP contribution in [0.5, 0.6) is 0 Å². The zero-order valence-electron chi connectivity index (χ0n) is 52.8. The first-order chi connectivity index (χ1) is 40.0. The molecule has 0 spiro atoms. The summed E-state index contributed by atoms with van der Waals surface area (Å²) in [5.74, 6) is -0.893. The zero-order chi connectivity index (χ0) is 58.5. The van der Waals surface area contributed by atoms with Crippen molar-refractivity contribution >= 4 is 17.9 Å². The quantitative estimate of drug-likeness (QED) is 0.0261. The third-order valence-corrected chi connectivity index (χ3v) is 14.2. The second-order valence-electron chi connectivity index (χ2n) is 22.0. The summed E-state index contributed by atoms with van der Waals surface area (Å²) in [6.45, 7) is 6.41. The molecule has 6 nitrogen and oxygen atoms in total. The van der Waals surface area contributed by atoms with E-state index in [-0.39, 0.29) is 31.1 Å². The van der Waals surface area contributed by atoms with Crippen LogP contribution < -0.4 is 0 Å². The number of hydrogen-bond donors (Lipinski definition) is 0. The molecule has 0 aromatic carbocycles. The molecule has 0 rings (SSSR count). The zero-order valence-corrected chi connectivity index (χ0v) is 52.8. The molecular formula is C75H124O6. The molecule has 0 aromatic heterocycles. The average molecular weight is 1120 g/mol. The molecule has 1 atom stereocenters. The van der Waals surface area contributed by atoms with Crippen LogP contribution in [-0.4, -0.2) is 37.2 Å². The predicted octanol–water partition coefficient (Wildman–Crippen LogP) is 23.3. The van der Waals surface area contributed by atoms with Crippen LogP contribution in [0.1, 0.15) is 303 Å². The molecule has 0 aliphatic rings. The number of carbonyl (C=O) groups excluding carboxylic acids is 3. The summed E-state index contributed by atoms with van der Waals surface area (Å²) < 4.78 is 16.9. The molecule has 81 heavy (non-hydrogen) atoms. The Morgan fingerprint density at radius 3 is 0.753 bits per heavy atom. The maximum absolute atomic E-state index is 12.9.